The second-order valence-corrected chi connectivity index (χ2v) is 5.00. The second-order valence-electron chi connectivity index (χ2n) is 5.00. The van der Waals surface area contributed by atoms with E-state index >= 15 is 0 Å². The third-order valence-corrected chi connectivity index (χ3v) is 2.14. The van der Waals surface area contributed by atoms with Crippen LogP contribution in [-0.4, -0.2) is 5.71 Å². The van der Waals surface area contributed by atoms with Gasteiger partial charge in [-0.2, -0.15) is 5.10 Å². The summed E-state index contributed by atoms with van der Waals surface area (Å²) in [5, 5.41) is 4.18. The number of hydrazone groups is 1. The molecule has 0 amide bonds. The second kappa shape index (κ2) is 4.47. The zero-order valence-corrected chi connectivity index (χ0v) is 10.3. The molecule has 0 aliphatic heterocycles. The molecule has 0 aliphatic rings. The van der Waals surface area contributed by atoms with Gasteiger partial charge in [0.1, 0.15) is 0 Å². The van der Waals surface area contributed by atoms with Gasteiger partial charge in [0, 0.05) is 5.71 Å². The molecule has 0 bridgehead atoms. The van der Waals surface area contributed by atoms with Gasteiger partial charge in [0.25, 0.3) is 0 Å². The molecule has 1 rings (SSSR count). The highest BCUT2D eigenvalue weighted by molar-refractivity contribution is 5.79. The number of hydrogen-bond donors (Lipinski definition) is 1. The van der Waals surface area contributed by atoms with Crippen LogP contribution in [0.15, 0.2) is 29.4 Å². The summed E-state index contributed by atoms with van der Waals surface area (Å²) in [7, 11) is 0. The molecule has 0 aromatic heterocycles. The summed E-state index contributed by atoms with van der Waals surface area (Å²) in [6.07, 6.45) is 0. The van der Waals surface area contributed by atoms with Gasteiger partial charge in [0.05, 0.1) is 5.69 Å². The lowest BCUT2D eigenvalue weighted by Crippen LogP contribution is -2.11. The highest BCUT2D eigenvalue weighted by Gasteiger charge is 2.13. The Labute approximate surface area is 92.4 Å². The van der Waals surface area contributed by atoms with E-state index < -0.39 is 0 Å². The van der Waals surface area contributed by atoms with Crippen molar-refractivity contribution >= 4 is 11.4 Å². The van der Waals surface area contributed by atoms with E-state index in [0.717, 1.165) is 11.4 Å². The van der Waals surface area contributed by atoms with E-state index in [-0.39, 0.29) is 5.41 Å². The van der Waals surface area contributed by atoms with Crippen LogP contribution in [0.2, 0.25) is 0 Å². The van der Waals surface area contributed by atoms with Gasteiger partial charge < -0.3 is 0 Å². The van der Waals surface area contributed by atoms with Crippen molar-refractivity contribution in [3.05, 3.63) is 29.8 Å². The first-order valence-electron chi connectivity index (χ1n) is 5.27. The minimum atomic E-state index is 0.183. The fourth-order valence-electron chi connectivity index (χ4n) is 1.23. The van der Waals surface area contributed by atoms with E-state index in [9.17, 15) is 0 Å². The molecule has 15 heavy (non-hydrogen) atoms. The molecule has 1 N–H and O–H groups in total. The molecule has 2 heteroatoms. The minimum Gasteiger partial charge on any atom is -0.279 e. The Morgan fingerprint density at radius 1 is 1.20 bits per heavy atom. The Bertz CT molecular complexity index is 355. The fourth-order valence-corrected chi connectivity index (χ4v) is 1.23. The fraction of sp³-hybridized carbons (Fsp3) is 0.462. The highest BCUT2D eigenvalue weighted by atomic mass is 15.3. The summed E-state index contributed by atoms with van der Waals surface area (Å²) in [5.41, 5.74) is 6.61. The molecule has 1 aromatic rings. The predicted octanol–water partition coefficient (Wildman–Crippen LogP) is 3.79. The van der Waals surface area contributed by atoms with Gasteiger partial charge in [-0.05, 0) is 37.0 Å². The van der Waals surface area contributed by atoms with Gasteiger partial charge in [-0.1, -0.05) is 32.9 Å². The quantitative estimate of drug-likeness (QED) is 0.575. The topological polar surface area (TPSA) is 24.4 Å². The van der Waals surface area contributed by atoms with Gasteiger partial charge in [-0.15, -0.1) is 0 Å². The molecule has 82 valence electrons. The van der Waals surface area contributed by atoms with Crippen molar-refractivity contribution < 1.29 is 0 Å². The number of nitrogens with one attached hydrogen (secondary N) is 1. The van der Waals surface area contributed by atoms with Crippen molar-refractivity contribution in [3.8, 4) is 0 Å². The van der Waals surface area contributed by atoms with Gasteiger partial charge in [-0.25, -0.2) is 0 Å². The summed E-state index contributed by atoms with van der Waals surface area (Å²) >= 11 is 0. The lowest BCUT2D eigenvalue weighted by Gasteiger charge is -2.19. The van der Waals surface area contributed by atoms with Crippen LogP contribution in [0.1, 0.15) is 40.2 Å². The summed E-state index contributed by atoms with van der Waals surface area (Å²) in [5.74, 6) is 0. The largest absolute Gasteiger partial charge is 0.279 e. The molecule has 0 fully saturated rings. The molecule has 0 spiro atoms. The first-order chi connectivity index (χ1) is 6.89. The van der Waals surface area contributed by atoms with Crippen molar-refractivity contribution in [3.63, 3.8) is 0 Å². The Balaban J connectivity index is 2.89. The number of benzene rings is 1. The standard InChI is InChI=1S/C13H20N2/c1-10(2)14-15-12-8-6-7-11(9-12)13(3,4)5/h6-9,15H,1-5H3. The minimum absolute atomic E-state index is 0.183. The Morgan fingerprint density at radius 3 is 2.40 bits per heavy atom. The molecule has 0 unspecified atom stereocenters. The number of anilines is 1. The van der Waals surface area contributed by atoms with Gasteiger partial charge in [0.15, 0.2) is 0 Å². The summed E-state index contributed by atoms with van der Waals surface area (Å²) < 4.78 is 0. The SMILES string of the molecule is CC(C)=NNc1cccc(C(C)(C)C)c1. The van der Waals surface area contributed by atoms with E-state index in [4.69, 9.17) is 0 Å². The third-order valence-electron chi connectivity index (χ3n) is 2.14. The number of rotatable bonds is 2. The lowest BCUT2D eigenvalue weighted by molar-refractivity contribution is 0.590. The maximum Gasteiger partial charge on any atom is 0.0564 e. The van der Waals surface area contributed by atoms with E-state index in [2.05, 4.69) is 49.5 Å². The Morgan fingerprint density at radius 2 is 1.87 bits per heavy atom. The van der Waals surface area contributed by atoms with E-state index in [1.54, 1.807) is 0 Å². The number of nitrogens with zero attached hydrogens (tertiary/aromatic N) is 1. The van der Waals surface area contributed by atoms with Crippen molar-refractivity contribution in [2.75, 3.05) is 5.43 Å². The molecule has 2 nitrogen and oxygen atoms in total. The molecule has 1 aromatic carbocycles. The maximum absolute atomic E-state index is 4.18. The summed E-state index contributed by atoms with van der Waals surface area (Å²) in [6, 6.07) is 8.38. The molecule has 0 radical (unpaired) electrons. The van der Waals surface area contributed by atoms with Crippen LogP contribution in [0.25, 0.3) is 0 Å². The first kappa shape index (κ1) is 11.8. The molecule has 0 atom stereocenters. The van der Waals surface area contributed by atoms with E-state index in [0.29, 0.717) is 0 Å². The molecule has 0 saturated carbocycles. The van der Waals surface area contributed by atoms with Crippen molar-refractivity contribution in [1.29, 1.82) is 0 Å². The van der Waals surface area contributed by atoms with E-state index in [1.165, 1.54) is 5.56 Å². The van der Waals surface area contributed by atoms with Crippen LogP contribution in [0.5, 0.6) is 0 Å². The normalized spacial score (nSPS) is 11.0. The highest BCUT2D eigenvalue weighted by Crippen LogP contribution is 2.24. The zero-order chi connectivity index (χ0) is 11.5. The Hall–Kier alpha value is -1.31. The van der Waals surface area contributed by atoms with Crippen LogP contribution in [0.4, 0.5) is 5.69 Å². The van der Waals surface area contributed by atoms with Crippen molar-refractivity contribution in [2.45, 2.75) is 40.0 Å². The van der Waals surface area contributed by atoms with Crippen molar-refractivity contribution in [1.82, 2.24) is 0 Å². The van der Waals surface area contributed by atoms with Gasteiger partial charge in [-0.3, -0.25) is 5.43 Å². The van der Waals surface area contributed by atoms with Gasteiger partial charge in [0.2, 0.25) is 0 Å². The molecule has 0 heterocycles. The number of hydrogen-bond acceptors (Lipinski definition) is 2. The van der Waals surface area contributed by atoms with Crippen molar-refractivity contribution in [2.24, 2.45) is 5.10 Å². The van der Waals surface area contributed by atoms with Crippen LogP contribution in [0.3, 0.4) is 0 Å². The third kappa shape index (κ3) is 3.74. The lowest BCUT2D eigenvalue weighted by atomic mass is 9.87. The molecule has 0 saturated heterocycles. The van der Waals surface area contributed by atoms with Gasteiger partial charge >= 0.3 is 0 Å². The van der Waals surface area contributed by atoms with Crippen LogP contribution < -0.4 is 5.43 Å². The van der Waals surface area contributed by atoms with Crippen LogP contribution >= 0.6 is 0 Å². The maximum atomic E-state index is 4.18. The van der Waals surface area contributed by atoms with E-state index in [1.807, 2.05) is 19.9 Å². The summed E-state index contributed by atoms with van der Waals surface area (Å²) in [6.45, 7) is 10.6. The predicted molar refractivity (Wildman–Crippen MR) is 67.5 cm³/mol. The first-order valence-corrected chi connectivity index (χ1v) is 5.27. The smallest absolute Gasteiger partial charge is 0.0564 e. The summed E-state index contributed by atoms with van der Waals surface area (Å²) in [4.78, 5) is 0. The molecular weight excluding hydrogens is 184 g/mol. The molecular formula is C13H20N2. The zero-order valence-electron chi connectivity index (χ0n) is 10.3. The average molecular weight is 204 g/mol. The molecule has 0 aliphatic carbocycles. The Kier molecular flexibility index (Phi) is 3.51. The van der Waals surface area contributed by atoms with Crippen LogP contribution in [-0.2, 0) is 5.41 Å². The average Bonchev–Trinajstić information content (AvgIpc) is 2.14. The van der Waals surface area contributed by atoms with Crippen LogP contribution in [0, 0.1) is 0 Å². The monoisotopic (exact) mass is 204 g/mol.